The van der Waals surface area contributed by atoms with Crippen molar-refractivity contribution < 1.29 is 4.57 Å². The van der Waals surface area contributed by atoms with Crippen LogP contribution in [0.1, 0.15) is 5.56 Å². The number of imidazole rings is 1. The van der Waals surface area contributed by atoms with Crippen LogP contribution in [0.25, 0.3) is 21.9 Å². The van der Waals surface area contributed by atoms with Crippen molar-refractivity contribution >= 4 is 21.9 Å². The summed E-state index contributed by atoms with van der Waals surface area (Å²) in [7, 11) is 5.04. The van der Waals surface area contributed by atoms with E-state index in [4.69, 9.17) is 0 Å². The first-order valence-electron chi connectivity index (χ1n) is 8.09. The fraction of sp³-hybridized carbons (Fsp3) is 0.211. The van der Waals surface area contributed by atoms with Gasteiger partial charge in [0.25, 0.3) is 5.65 Å². The highest BCUT2D eigenvalue weighted by Crippen LogP contribution is 2.17. The van der Waals surface area contributed by atoms with Gasteiger partial charge >= 0.3 is 11.2 Å². The van der Waals surface area contributed by atoms with Crippen LogP contribution >= 0.6 is 0 Å². The molecule has 2 heterocycles. The fourth-order valence-corrected chi connectivity index (χ4v) is 3.45. The average molecular weight is 335 g/mol. The molecule has 4 aromatic rings. The van der Waals surface area contributed by atoms with E-state index in [9.17, 15) is 9.59 Å². The van der Waals surface area contributed by atoms with Crippen LogP contribution in [-0.4, -0.2) is 13.7 Å². The van der Waals surface area contributed by atoms with Crippen molar-refractivity contribution in [3.8, 4) is 0 Å². The zero-order valence-corrected chi connectivity index (χ0v) is 14.4. The van der Waals surface area contributed by atoms with Crippen LogP contribution in [0.4, 0.5) is 0 Å². The standard InChI is InChI=1S/C19H19N4O2/c1-20-12-23(16-17(20)21(2)19(25)22(3)18(16)24)11-13-8-9-14-6-4-5-7-15(14)10-13/h4-10,12H,11H2,1-3H3/q+1. The van der Waals surface area contributed by atoms with Crippen molar-refractivity contribution in [2.24, 2.45) is 21.1 Å². The van der Waals surface area contributed by atoms with Gasteiger partial charge in [0.2, 0.25) is 5.52 Å². The normalized spacial score (nSPS) is 11.5. The Kier molecular flexibility index (Phi) is 3.35. The molecule has 0 saturated heterocycles. The Hall–Kier alpha value is -3.15. The second-order valence-electron chi connectivity index (χ2n) is 6.41. The molecular formula is C19H19N4O2+. The molecule has 0 aliphatic carbocycles. The summed E-state index contributed by atoms with van der Waals surface area (Å²) in [6, 6.07) is 14.5. The average Bonchev–Trinajstić information content (AvgIpc) is 2.94. The van der Waals surface area contributed by atoms with Crippen LogP contribution in [0.15, 0.2) is 58.4 Å². The van der Waals surface area contributed by atoms with Crippen molar-refractivity contribution in [2.75, 3.05) is 0 Å². The van der Waals surface area contributed by atoms with Gasteiger partial charge in [-0.3, -0.25) is 9.36 Å². The number of rotatable bonds is 2. The van der Waals surface area contributed by atoms with Gasteiger partial charge in [-0.1, -0.05) is 36.4 Å². The molecule has 0 fully saturated rings. The summed E-state index contributed by atoms with van der Waals surface area (Å²) < 4.78 is 6.38. The molecule has 0 aliphatic rings. The minimum absolute atomic E-state index is 0.278. The first kappa shape index (κ1) is 15.4. The van der Waals surface area contributed by atoms with E-state index in [0.717, 1.165) is 10.1 Å². The van der Waals surface area contributed by atoms with E-state index in [2.05, 4.69) is 30.3 Å². The number of aromatic nitrogens is 4. The molecule has 25 heavy (non-hydrogen) atoms. The van der Waals surface area contributed by atoms with Gasteiger partial charge in [-0.2, -0.15) is 0 Å². The third kappa shape index (κ3) is 2.29. The zero-order chi connectivity index (χ0) is 17.7. The Balaban J connectivity index is 1.92. The summed E-state index contributed by atoms with van der Waals surface area (Å²) in [6.07, 6.45) is 1.86. The second-order valence-corrected chi connectivity index (χ2v) is 6.41. The van der Waals surface area contributed by atoms with Gasteiger partial charge in [0.05, 0.1) is 20.6 Å². The molecule has 4 rings (SSSR count). The summed E-state index contributed by atoms with van der Waals surface area (Å²) in [4.78, 5) is 24.8. The maximum atomic E-state index is 12.7. The first-order chi connectivity index (χ1) is 12.0. The van der Waals surface area contributed by atoms with Crippen molar-refractivity contribution in [1.82, 2.24) is 13.7 Å². The Bertz CT molecular complexity index is 1240. The molecule has 0 aliphatic heterocycles. The summed E-state index contributed by atoms with van der Waals surface area (Å²) in [5.74, 6) is 0. The van der Waals surface area contributed by atoms with E-state index >= 15 is 0 Å². The van der Waals surface area contributed by atoms with E-state index in [0.29, 0.717) is 17.7 Å². The van der Waals surface area contributed by atoms with Gasteiger partial charge in [0.1, 0.15) is 0 Å². The van der Waals surface area contributed by atoms with Gasteiger partial charge in [0, 0.05) is 7.05 Å². The number of fused-ring (bicyclic) bond motifs is 2. The number of hydrogen-bond acceptors (Lipinski definition) is 2. The van der Waals surface area contributed by atoms with Crippen LogP contribution in [-0.2, 0) is 27.7 Å². The topological polar surface area (TPSA) is 52.8 Å². The van der Waals surface area contributed by atoms with Gasteiger partial charge in [-0.25, -0.2) is 18.5 Å². The lowest BCUT2D eigenvalue weighted by Crippen LogP contribution is -2.41. The SMILES string of the molecule is Cn1c(=O)c2c(n(C)c1=O)[n+](C)cn2Cc1ccc2ccccc2c1. The minimum atomic E-state index is -0.323. The molecule has 0 amide bonds. The molecule has 2 aromatic heterocycles. The molecule has 0 bridgehead atoms. The lowest BCUT2D eigenvalue weighted by Gasteiger charge is -2.04. The van der Waals surface area contributed by atoms with E-state index in [1.807, 2.05) is 34.6 Å². The lowest BCUT2D eigenvalue weighted by atomic mass is 10.1. The molecule has 6 heteroatoms. The van der Waals surface area contributed by atoms with Crippen LogP contribution in [0, 0.1) is 0 Å². The van der Waals surface area contributed by atoms with Crippen LogP contribution in [0.3, 0.4) is 0 Å². The first-order valence-corrected chi connectivity index (χ1v) is 8.09. The number of aryl methyl sites for hydroxylation is 2. The van der Waals surface area contributed by atoms with E-state index in [1.54, 1.807) is 7.05 Å². The molecular weight excluding hydrogens is 316 g/mol. The number of nitrogens with zero attached hydrogens (tertiary/aromatic N) is 4. The van der Waals surface area contributed by atoms with Crippen LogP contribution in [0.5, 0.6) is 0 Å². The van der Waals surface area contributed by atoms with Crippen molar-refractivity contribution in [2.45, 2.75) is 6.54 Å². The van der Waals surface area contributed by atoms with Gasteiger partial charge in [-0.05, 0) is 22.4 Å². The Labute approximate surface area is 143 Å². The predicted octanol–water partition coefficient (Wildman–Crippen LogP) is 1.06. The van der Waals surface area contributed by atoms with Crippen molar-refractivity contribution in [1.29, 1.82) is 0 Å². The van der Waals surface area contributed by atoms with Crippen LogP contribution in [0.2, 0.25) is 0 Å². The zero-order valence-electron chi connectivity index (χ0n) is 14.4. The number of hydrogen-bond donors (Lipinski definition) is 0. The summed E-state index contributed by atoms with van der Waals surface area (Å²) in [5.41, 5.74) is 1.65. The van der Waals surface area contributed by atoms with E-state index in [-0.39, 0.29) is 11.2 Å². The minimum Gasteiger partial charge on any atom is -0.265 e. The molecule has 2 aromatic carbocycles. The Morgan fingerprint density at radius 3 is 2.44 bits per heavy atom. The van der Waals surface area contributed by atoms with Gasteiger partial charge in [-0.15, -0.1) is 0 Å². The molecule has 0 unspecified atom stereocenters. The quantitative estimate of drug-likeness (QED) is 0.515. The lowest BCUT2D eigenvalue weighted by molar-refractivity contribution is -0.648. The highest BCUT2D eigenvalue weighted by atomic mass is 16.2. The molecule has 0 N–H and O–H groups in total. The Morgan fingerprint density at radius 2 is 1.68 bits per heavy atom. The summed E-state index contributed by atoms with van der Waals surface area (Å²) in [5, 5.41) is 2.36. The molecule has 0 radical (unpaired) electrons. The number of benzene rings is 2. The van der Waals surface area contributed by atoms with Gasteiger partial charge in [0.15, 0.2) is 6.33 Å². The molecule has 0 spiro atoms. The summed E-state index contributed by atoms with van der Waals surface area (Å²) in [6.45, 7) is 0.565. The second kappa shape index (κ2) is 5.44. The Morgan fingerprint density at radius 1 is 0.960 bits per heavy atom. The third-order valence-electron chi connectivity index (χ3n) is 4.71. The highest BCUT2D eigenvalue weighted by Gasteiger charge is 2.22. The van der Waals surface area contributed by atoms with E-state index in [1.165, 1.54) is 22.4 Å². The molecule has 0 saturated carbocycles. The van der Waals surface area contributed by atoms with Gasteiger partial charge < -0.3 is 0 Å². The third-order valence-corrected chi connectivity index (χ3v) is 4.71. The fourth-order valence-electron chi connectivity index (χ4n) is 3.45. The van der Waals surface area contributed by atoms with E-state index < -0.39 is 0 Å². The largest absolute Gasteiger partial charge is 0.388 e. The molecule has 0 atom stereocenters. The molecule has 6 nitrogen and oxygen atoms in total. The predicted molar refractivity (Wildman–Crippen MR) is 96.6 cm³/mol. The van der Waals surface area contributed by atoms with Crippen molar-refractivity contribution in [3.05, 3.63) is 75.2 Å². The monoisotopic (exact) mass is 335 g/mol. The highest BCUT2D eigenvalue weighted by molar-refractivity contribution is 5.83. The summed E-state index contributed by atoms with van der Waals surface area (Å²) >= 11 is 0. The maximum Gasteiger partial charge on any atom is 0.388 e. The van der Waals surface area contributed by atoms with Crippen LogP contribution < -0.4 is 15.8 Å². The maximum absolute atomic E-state index is 12.7. The molecule has 126 valence electrons. The smallest absolute Gasteiger partial charge is 0.265 e. The van der Waals surface area contributed by atoms with Crippen molar-refractivity contribution in [3.63, 3.8) is 0 Å².